The molecule has 4 aromatic rings. The Morgan fingerprint density at radius 3 is 2.42 bits per heavy atom. The first-order valence-electron chi connectivity index (χ1n) is 8.92. The number of halogens is 2. The molecule has 0 saturated heterocycles. The van der Waals surface area contributed by atoms with Gasteiger partial charge in [0.15, 0.2) is 5.82 Å². The Hall–Kier alpha value is -3.14. The van der Waals surface area contributed by atoms with Crippen molar-refractivity contribution in [1.29, 1.82) is 0 Å². The van der Waals surface area contributed by atoms with Crippen molar-refractivity contribution in [2.75, 3.05) is 4.72 Å². The molecule has 2 aromatic carbocycles. The SMILES string of the molecule is Cc1nccn1-c1ccc(Oc2ccc(NS(=O)(=O)c3cc(Cl)ccc3Cl)cc2)nn1. The normalized spacial score (nSPS) is 11.3. The van der Waals surface area contributed by atoms with Crippen LogP contribution in [0.15, 0.2) is 71.9 Å². The molecule has 0 bridgehead atoms. The largest absolute Gasteiger partial charge is 0.438 e. The average Bonchev–Trinajstić information content (AvgIpc) is 3.17. The number of aromatic nitrogens is 4. The number of nitrogens with zero attached hydrogens (tertiary/aromatic N) is 4. The van der Waals surface area contributed by atoms with Gasteiger partial charge in [0.2, 0.25) is 5.88 Å². The van der Waals surface area contributed by atoms with Crippen molar-refractivity contribution < 1.29 is 13.2 Å². The summed E-state index contributed by atoms with van der Waals surface area (Å²) in [5.41, 5.74) is 0.334. The maximum Gasteiger partial charge on any atom is 0.263 e. The summed E-state index contributed by atoms with van der Waals surface area (Å²) in [5.74, 6) is 2.16. The minimum absolute atomic E-state index is 0.0739. The van der Waals surface area contributed by atoms with E-state index < -0.39 is 10.0 Å². The van der Waals surface area contributed by atoms with Crippen molar-refractivity contribution >= 4 is 38.9 Å². The number of nitrogens with one attached hydrogen (secondary N) is 1. The van der Waals surface area contributed by atoms with Gasteiger partial charge in [-0.15, -0.1) is 10.2 Å². The molecule has 0 unspecified atom stereocenters. The lowest BCUT2D eigenvalue weighted by atomic mass is 10.3. The van der Waals surface area contributed by atoms with Crippen molar-refractivity contribution in [3.05, 3.63) is 82.9 Å². The predicted octanol–water partition coefficient (Wildman–Crippen LogP) is 4.87. The van der Waals surface area contributed by atoms with Crippen molar-refractivity contribution in [1.82, 2.24) is 19.7 Å². The Labute approximate surface area is 188 Å². The van der Waals surface area contributed by atoms with Gasteiger partial charge < -0.3 is 4.74 Å². The molecular weight excluding hydrogens is 461 g/mol. The summed E-state index contributed by atoms with van der Waals surface area (Å²) in [6.45, 7) is 1.86. The zero-order valence-corrected chi connectivity index (χ0v) is 18.4. The molecular formula is C20H15Cl2N5O3S. The van der Waals surface area contributed by atoms with E-state index in [1.165, 1.54) is 18.2 Å². The quantitative estimate of drug-likeness (QED) is 0.426. The molecule has 0 radical (unpaired) electrons. The van der Waals surface area contributed by atoms with E-state index in [-0.39, 0.29) is 14.9 Å². The molecule has 0 fully saturated rings. The second kappa shape index (κ2) is 8.54. The summed E-state index contributed by atoms with van der Waals surface area (Å²) in [7, 11) is -3.91. The van der Waals surface area contributed by atoms with Crippen LogP contribution in [0.4, 0.5) is 5.69 Å². The lowest BCUT2D eigenvalue weighted by Crippen LogP contribution is -2.13. The molecule has 0 saturated carbocycles. The molecule has 8 nitrogen and oxygen atoms in total. The van der Waals surface area contributed by atoms with Crippen molar-refractivity contribution in [2.24, 2.45) is 0 Å². The summed E-state index contributed by atoms with van der Waals surface area (Å²) >= 11 is 11.9. The van der Waals surface area contributed by atoms with E-state index in [2.05, 4.69) is 19.9 Å². The minimum atomic E-state index is -3.91. The Balaban J connectivity index is 1.46. The minimum Gasteiger partial charge on any atom is -0.438 e. The summed E-state index contributed by atoms with van der Waals surface area (Å²) in [6, 6.07) is 14.0. The van der Waals surface area contributed by atoms with Crippen LogP contribution in [0.5, 0.6) is 11.6 Å². The third kappa shape index (κ3) is 4.79. The molecule has 0 aliphatic rings. The molecule has 0 aliphatic heterocycles. The lowest BCUT2D eigenvalue weighted by Gasteiger charge is -2.11. The number of rotatable bonds is 6. The van der Waals surface area contributed by atoms with Gasteiger partial charge in [-0.05, 0) is 55.5 Å². The number of anilines is 1. The zero-order chi connectivity index (χ0) is 22.0. The number of hydrogen-bond acceptors (Lipinski definition) is 6. The van der Waals surface area contributed by atoms with Crippen molar-refractivity contribution in [3.63, 3.8) is 0 Å². The highest BCUT2D eigenvalue weighted by atomic mass is 35.5. The van der Waals surface area contributed by atoms with Crippen LogP contribution >= 0.6 is 23.2 Å². The van der Waals surface area contributed by atoms with Crippen LogP contribution in [0, 0.1) is 6.92 Å². The Morgan fingerprint density at radius 2 is 1.77 bits per heavy atom. The second-order valence-corrected chi connectivity index (χ2v) is 8.88. The highest BCUT2D eigenvalue weighted by Gasteiger charge is 2.18. The van der Waals surface area contributed by atoms with Crippen LogP contribution in [0.3, 0.4) is 0 Å². The third-order valence-electron chi connectivity index (χ3n) is 4.21. The fourth-order valence-corrected chi connectivity index (χ4v) is 4.54. The van der Waals surface area contributed by atoms with E-state index in [1.807, 2.05) is 6.92 Å². The molecule has 158 valence electrons. The number of benzene rings is 2. The Kier molecular flexibility index (Phi) is 5.81. The van der Waals surface area contributed by atoms with E-state index in [4.69, 9.17) is 27.9 Å². The first-order valence-corrected chi connectivity index (χ1v) is 11.2. The Bertz CT molecular complexity index is 1320. The summed E-state index contributed by atoms with van der Waals surface area (Å²) in [4.78, 5) is 4.04. The van der Waals surface area contributed by atoms with Gasteiger partial charge in [0.1, 0.15) is 16.5 Å². The predicted molar refractivity (Wildman–Crippen MR) is 118 cm³/mol. The maximum absolute atomic E-state index is 12.6. The van der Waals surface area contributed by atoms with E-state index in [9.17, 15) is 8.42 Å². The fourth-order valence-electron chi connectivity index (χ4n) is 2.72. The average molecular weight is 476 g/mol. The third-order valence-corrected chi connectivity index (χ3v) is 6.31. The van der Waals surface area contributed by atoms with Gasteiger partial charge in [-0.2, -0.15) is 0 Å². The molecule has 1 N–H and O–H groups in total. The number of sulfonamides is 1. The first kappa shape index (κ1) is 21.1. The van der Waals surface area contributed by atoms with Gasteiger partial charge in [-0.25, -0.2) is 13.4 Å². The van der Waals surface area contributed by atoms with Crippen LogP contribution < -0.4 is 9.46 Å². The summed E-state index contributed by atoms with van der Waals surface area (Å²) in [6.07, 6.45) is 3.47. The van der Waals surface area contributed by atoms with Crippen LogP contribution in [0.2, 0.25) is 10.0 Å². The second-order valence-electron chi connectivity index (χ2n) is 6.38. The van der Waals surface area contributed by atoms with E-state index >= 15 is 0 Å². The van der Waals surface area contributed by atoms with Crippen LogP contribution in [0.25, 0.3) is 5.82 Å². The monoisotopic (exact) mass is 475 g/mol. The van der Waals surface area contributed by atoms with Crippen LogP contribution in [-0.4, -0.2) is 28.2 Å². The van der Waals surface area contributed by atoms with Gasteiger partial charge in [0.25, 0.3) is 10.0 Å². The first-order chi connectivity index (χ1) is 14.8. The molecule has 0 atom stereocenters. The molecule has 0 aliphatic carbocycles. The summed E-state index contributed by atoms with van der Waals surface area (Å²) < 4.78 is 35.1. The maximum atomic E-state index is 12.6. The fraction of sp³-hybridized carbons (Fsp3) is 0.0500. The number of aryl methyl sites for hydroxylation is 1. The number of hydrogen-bond donors (Lipinski definition) is 1. The lowest BCUT2D eigenvalue weighted by molar-refractivity contribution is 0.454. The number of ether oxygens (including phenoxy) is 1. The molecule has 11 heteroatoms. The molecule has 4 rings (SSSR count). The van der Waals surface area contributed by atoms with Gasteiger partial charge in [-0.3, -0.25) is 9.29 Å². The molecule has 2 heterocycles. The van der Waals surface area contributed by atoms with Gasteiger partial charge in [-0.1, -0.05) is 23.2 Å². The van der Waals surface area contributed by atoms with Gasteiger partial charge >= 0.3 is 0 Å². The van der Waals surface area contributed by atoms with Gasteiger partial charge in [0.05, 0.1) is 5.02 Å². The van der Waals surface area contributed by atoms with E-state index in [0.29, 0.717) is 23.1 Å². The number of imidazole rings is 1. The standard InChI is InChI=1S/C20H15Cl2N5O3S/c1-13-23-10-11-27(13)19-8-9-20(25-24-19)30-16-5-3-15(4-6-16)26-31(28,29)18-12-14(21)2-7-17(18)22/h2-12,26H,1H3. The molecule has 0 spiro atoms. The topological polar surface area (TPSA) is 99.0 Å². The van der Waals surface area contributed by atoms with Gasteiger partial charge in [0, 0.05) is 29.2 Å². The Morgan fingerprint density at radius 1 is 1.00 bits per heavy atom. The summed E-state index contributed by atoms with van der Waals surface area (Å²) in [5, 5.41) is 8.52. The van der Waals surface area contributed by atoms with Crippen LogP contribution in [0.1, 0.15) is 5.82 Å². The van der Waals surface area contributed by atoms with Crippen molar-refractivity contribution in [3.8, 4) is 17.4 Å². The molecule has 0 amide bonds. The molecule has 2 aromatic heterocycles. The van der Waals surface area contributed by atoms with E-state index in [0.717, 1.165) is 5.82 Å². The van der Waals surface area contributed by atoms with E-state index in [1.54, 1.807) is 53.4 Å². The van der Waals surface area contributed by atoms with Crippen molar-refractivity contribution in [2.45, 2.75) is 11.8 Å². The smallest absolute Gasteiger partial charge is 0.263 e. The highest BCUT2D eigenvalue weighted by molar-refractivity contribution is 7.92. The van der Waals surface area contributed by atoms with Crippen LogP contribution in [-0.2, 0) is 10.0 Å². The highest BCUT2D eigenvalue weighted by Crippen LogP contribution is 2.28. The molecule has 31 heavy (non-hydrogen) atoms. The zero-order valence-electron chi connectivity index (χ0n) is 16.0.